The van der Waals surface area contributed by atoms with Gasteiger partial charge in [-0.1, -0.05) is 12.5 Å². The zero-order valence-corrected chi connectivity index (χ0v) is 11.1. The lowest BCUT2D eigenvalue weighted by Gasteiger charge is -2.33. The molecular formula is C14H20N2O2. The number of likely N-dealkylation sites (tertiary alicyclic amines) is 1. The third-order valence-electron chi connectivity index (χ3n) is 3.56. The monoisotopic (exact) mass is 248 g/mol. The average Bonchev–Trinajstić information content (AvgIpc) is 2.41. The molecule has 1 aromatic heterocycles. The third kappa shape index (κ3) is 2.88. The maximum atomic E-state index is 11.8. The van der Waals surface area contributed by atoms with Crippen molar-refractivity contribution in [3.63, 3.8) is 0 Å². The van der Waals surface area contributed by atoms with Crippen LogP contribution in [-0.4, -0.2) is 35.5 Å². The second-order valence-corrected chi connectivity index (χ2v) is 4.77. The van der Waals surface area contributed by atoms with E-state index in [-0.39, 0.29) is 12.0 Å². The minimum atomic E-state index is -0.122. The Morgan fingerprint density at radius 3 is 3.11 bits per heavy atom. The highest BCUT2D eigenvalue weighted by Gasteiger charge is 2.29. The van der Waals surface area contributed by atoms with Crippen LogP contribution in [0.1, 0.15) is 30.5 Å². The summed E-state index contributed by atoms with van der Waals surface area (Å²) >= 11 is 0. The summed E-state index contributed by atoms with van der Waals surface area (Å²) in [5, 5.41) is 0. The largest absolute Gasteiger partial charge is 0.468 e. The van der Waals surface area contributed by atoms with Crippen molar-refractivity contribution >= 4 is 5.97 Å². The molecule has 0 unspecified atom stereocenters. The van der Waals surface area contributed by atoms with Crippen LogP contribution in [0.2, 0.25) is 0 Å². The van der Waals surface area contributed by atoms with E-state index in [9.17, 15) is 4.79 Å². The first-order valence-corrected chi connectivity index (χ1v) is 6.44. The average molecular weight is 248 g/mol. The SMILES string of the molecule is COC(=O)[C@H]1CCCCN1Cc1ncccc1C. The molecule has 0 saturated carbocycles. The summed E-state index contributed by atoms with van der Waals surface area (Å²) in [6.45, 7) is 3.72. The second kappa shape index (κ2) is 5.96. The molecule has 98 valence electrons. The molecule has 1 aromatic rings. The lowest BCUT2D eigenvalue weighted by Crippen LogP contribution is -2.44. The smallest absolute Gasteiger partial charge is 0.323 e. The van der Waals surface area contributed by atoms with Gasteiger partial charge in [-0.25, -0.2) is 0 Å². The van der Waals surface area contributed by atoms with Gasteiger partial charge in [0.05, 0.1) is 12.8 Å². The van der Waals surface area contributed by atoms with Crippen LogP contribution in [0.4, 0.5) is 0 Å². The van der Waals surface area contributed by atoms with Crippen molar-refractivity contribution in [1.82, 2.24) is 9.88 Å². The molecule has 4 nitrogen and oxygen atoms in total. The molecule has 0 N–H and O–H groups in total. The van der Waals surface area contributed by atoms with E-state index in [1.54, 1.807) is 6.20 Å². The number of carbonyl (C=O) groups excluding carboxylic acids is 1. The van der Waals surface area contributed by atoms with Gasteiger partial charge in [0.15, 0.2) is 0 Å². The Morgan fingerprint density at radius 2 is 2.39 bits per heavy atom. The molecule has 0 amide bonds. The maximum Gasteiger partial charge on any atom is 0.323 e. The third-order valence-corrected chi connectivity index (χ3v) is 3.56. The molecule has 18 heavy (non-hydrogen) atoms. The highest BCUT2D eigenvalue weighted by Crippen LogP contribution is 2.20. The molecule has 2 rings (SSSR count). The van der Waals surface area contributed by atoms with Crippen molar-refractivity contribution in [3.05, 3.63) is 29.6 Å². The summed E-state index contributed by atoms with van der Waals surface area (Å²) < 4.78 is 4.89. The molecule has 0 aliphatic carbocycles. The van der Waals surface area contributed by atoms with Gasteiger partial charge in [0.25, 0.3) is 0 Å². The highest BCUT2D eigenvalue weighted by atomic mass is 16.5. The van der Waals surface area contributed by atoms with Crippen molar-refractivity contribution in [2.24, 2.45) is 0 Å². The predicted octanol–water partition coefficient (Wildman–Crippen LogP) is 1.92. The zero-order valence-electron chi connectivity index (χ0n) is 11.1. The first-order chi connectivity index (χ1) is 8.72. The number of hydrogen-bond donors (Lipinski definition) is 0. The van der Waals surface area contributed by atoms with Gasteiger partial charge in [-0.15, -0.1) is 0 Å². The summed E-state index contributed by atoms with van der Waals surface area (Å²) in [6.07, 6.45) is 4.93. The molecule has 2 heterocycles. The molecule has 1 atom stereocenters. The molecule has 1 aliphatic rings. The number of ether oxygens (including phenoxy) is 1. The first kappa shape index (κ1) is 13.0. The number of methoxy groups -OCH3 is 1. The Morgan fingerprint density at radius 1 is 1.56 bits per heavy atom. The fraction of sp³-hybridized carbons (Fsp3) is 0.571. The Labute approximate surface area is 108 Å². The second-order valence-electron chi connectivity index (χ2n) is 4.77. The quantitative estimate of drug-likeness (QED) is 0.766. The predicted molar refractivity (Wildman–Crippen MR) is 69.0 cm³/mol. The lowest BCUT2D eigenvalue weighted by atomic mass is 10.0. The van der Waals surface area contributed by atoms with Crippen LogP contribution in [0, 0.1) is 6.92 Å². The zero-order chi connectivity index (χ0) is 13.0. The van der Waals surface area contributed by atoms with Gasteiger partial charge in [-0.2, -0.15) is 0 Å². The van der Waals surface area contributed by atoms with Gasteiger partial charge < -0.3 is 4.74 Å². The summed E-state index contributed by atoms with van der Waals surface area (Å²) in [7, 11) is 1.46. The molecule has 0 aromatic carbocycles. The van der Waals surface area contributed by atoms with E-state index in [1.807, 2.05) is 6.07 Å². The Balaban J connectivity index is 2.10. The lowest BCUT2D eigenvalue weighted by molar-refractivity contribution is -0.148. The van der Waals surface area contributed by atoms with Crippen molar-refractivity contribution in [2.75, 3.05) is 13.7 Å². The molecular weight excluding hydrogens is 228 g/mol. The van der Waals surface area contributed by atoms with E-state index in [1.165, 1.54) is 12.7 Å². The van der Waals surface area contributed by atoms with Crippen LogP contribution in [0.15, 0.2) is 18.3 Å². The van der Waals surface area contributed by atoms with Crippen LogP contribution >= 0.6 is 0 Å². The molecule has 1 saturated heterocycles. The van der Waals surface area contributed by atoms with Gasteiger partial charge in [-0.3, -0.25) is 14.7 Å². The van der Waals surface area contributed by atoms with E-state index in [4.69, 9.17) is 4.74 Å². The van der Waals surface area contributed by atoms with Crippen LogP contribution in [0.3, 0.4) is 0 Å². The summed E-state index contributed by atoms with van der Waals surface area (Å²) in [6, 6.07) is 3.89. The number of nitrogens with zero attached hydrogens (tertiary/aromatic N) is 2. The van der Waals surface area contributed by atoms with Crippen LogP contribution < -0.4 is 0 Å². The van der Waals surface area contributed by atoms with E-state index >= 15 is 0 Å². The molecule has 0 spiro atoms. The molecule has 0 bridgehead atoms. The molecule has 1 aliphatic heterocycles. The van der Waals surface area contributed by atoms with Gasteiger partial charge >= 0.3 is 5.97 Å². The summed E-state index contributed by atoms with van der Waals surface area (Å²) in [5.41, 5.74) is 2.22. The van der Waals surface area contributed by atoms with Crippen molar-refractivity contribution in [1.29, 1.82) is 0 Å². The van der Waals surface area contributed by atoms with Crippen LogP contribution in [0.5, 0.6) is 0 Å². The first-order valence-electron chi connectivity index (χ1n) is 6.44. The van der Waals surface area contributed by atoms with E-state index < -0.39 is 0 Å². The van der Waals surface area contributed by atoms with E-state index in [0.29, 0.717) is 0 Å². The number of rotatable bonds is 3. The number of aryl methyl sites for hydroxylation is 1. The highest BCUT2D eigenvalue weighted by molar-refractivity contribution is 5.75. The number of aromatic nitrogens is 1. The molecule has 0 radical (unpaired) electrons. The Hall–Kier alpha value is -1.42. The van der Waals surface area contributed by atoms with E-state index in [2.05, 4.69) is 22.9 Å². The molecule has 4 heteroatoms. The van der Waals surface area contributed by atoms with Gasteiger partial charge in [0, 0.05) is 12.7 Å². The van der Waals surface area contributed by atoms with E-state index in [0.717, 1.165) is 38.0 Å². The normalized spacial score (nSPS) is 20.7. The van der Waals surface area contributed by atoms with Gasteiger partial charge in [0.1, 0.15) is 6.04 Å². The Bertz CT molecular complexity index is 420. The van der Waals surface area contributed by atoms with Crippen LogP contribution in [-0.2, 0) is 16.1 Å². The van der Waals surface area contributed by atoms with Crippen LogP contribution in [0.25, 0.3) is 0 Å². The standard InChI is InChI=1S/C14H20N2O2/c1-11-6-5-8-15-12(11)10-16-9-4-3-7-13(16)14(17)18-2/h5-6,8,13H,3-4,7,9-10H2,1-2H3/t13-/m1/s1. The summed E-state index contributed by atoms with van der Waals surface area (Å²) in [4.78, 5) is 18.4. The number of carbonyl (C=O) groups is 1. The Kier molecular flexibility index (Phi) is 4.31. The minimum Gasteiger partial charge on any atom is -0.468 e. The number of esters is 1. The fourth-order valence-electron chi connectivity index (χ4n) is 2.46. The number of hydrogen-bond acceptors (Lipinski definition) is 4. The topological polar surface area (TPSA) is 42.4 Å². The van der Waals surface area contributed by atoms with Crippen molar-refractivity contribution in [3.8, 4) is 0 Å². The summed E-state index contributed by atoms with van der Waals surface area (Å²) in [5.74, 6) is -0.122. The van der Waals surface area contributed by atoms with Crippen molar-refractivity contribution in [2.45, 2.75) is 38.8 Å². The number of pyridine rings is 1. The van der Waals surface area contributed by atoms with Gasteiger partial charge in [-0.05, 0) is 37.9 Å². The minimum absolute atomic E-state index is 0.106. The maximum absolute atomic E-state index is 11.8. The van der Waals surface area contributed by atoms with Gasteiger partial charge in [0.2, 0.25) is 0 Å². The fourth-order valence-corrected chi connectivity index (χ4v) is 2.46. The molecule has 1 fully saturated rings. The number of piperidine rings is 1. The van der Waals surface area contributed by atoms with Crippen molar-refractivity contribution < 1.29 is 9.53 Å².